The van der Waals surface area contributed by atoms with Crippen LogP contribution in [0.1, 0.15) is 48.9 Å². The summed E-state index contributed by atoms with van der Waals surface area (Å²) in [5.74, 6) is -0.113. The van der Waals surface area contributed by atoms with Crippen LogP contribution >= 0.6 is 0 Å². The monoisotopic (exact) mass is 301 g/mol. The molecule has 0 bridgehead atoms. The predicted octanol–water partition coefficient (Wildman–Crippen LogP) is 2.41. The maximum atomic E-state index is 12.6. The Morgan fingerprint density at radius 3 is 2.55 bits per heavy atom. The topological polar surface area (TPSA) is 57.6 Å². The molecule has 4 heteroatoms. The van der Waals surface area contributed by atoms with Crippen LogP contribution in [0.2, 0.25) is 0 Å². The van der Waals surface area contributed by atoms with Gasteiger partial charge in [0.25, 0.3) is 0 Å². The Labute approximate surface area is 131 Å². The van der Waals surface area contributed by atoms with Crippen molar-refractivity contribution in [3.05, 3.63) is 35.9 Å². The maximum Gasteiger partial charge on any atom is 0.228 e. The van der Waals surface area contributed by atoms with Gasteiger partial charge in [-0.15, -0.1) is 0 Å². The van der Waals surface area contributed by atoms with Gasteiger partial charge in [-0.2, -0.15) is 0 Å². The molecule has 1 saturated carbocycles. The van der Waals surface area contributed by atoms with E-state index in [1.165, 1.54) is 0 Å². The van der Waals surface area contributed by atoms with Gasteiger partial charge in [-0.1, -0.05) is 30.3 Å². The number of likely N-dealkylation sites (tertiary alicyclic amines) is 1. The number of carbonyl (C=O) groups is 2. The average molecular weight is 301 g/mol. The summed E-state index contributed by atoms with van der Waals surface area (Å²) in [7, 11) is 0. The molecule has 1 aromatic carbocycles. The fourth-order valence-corrected chi connectivity index (χ4v) is 3.74. The molecule has 3 unspecified atom stereocenters. The minimum Gasteiger partial charge on any atom is -0.392 e. The van der Waals surface area contributed by atoms with Crippen molar-refractivity contribution in [1.29, 1.82) is 0 Å². The highest BCUT2D eigenvalue weighted by Crippen LogP contribution is 2.31. The highest BCUT2D eigenvalue weighted by atomic mass is 16.3. The second-order valence-corrected chi connectivity index (χ2v) is 6.43. The van der Waals surface area contributed by atoms with Gasteiger partial charge in [0, 0.05) is 24.6 Å². The Bertz CT molecular complexity index is 543. The van der Waals surface area contributed by atoms with Gasteiger partial charge in [-0.25, -0.2) is 0 Å². The van der Waals surface area contributed by atoms with Crippen molar-refractivity contribution in [3.8, 4) is 0 Å². The lowest BCUT2D eigenvalue weighted by atomic mass is 10.00. The molecule has 1 amide bonds. The van der Waals surface area contributed by atoms with Crippen molar-refractivity contribution in [2.75, 3.05) is 6.54 Å². The van der Waals surface area contributed by atoms with E-state index in [4.69, 9.17) is 0 Å². The number of Topliss-reactive ketones (excluding diaryl/α,β-unsaturated/α-hetero) is 1. The van der Waals surface area contributed by atoms with Gasteiger partial charge in [0.2, 0.25) is 5.91 Å². The molecule has 3 rings (SSSR count). The number of ketones is 1. The average Bonchev–Trinajstić information content (AvgIpc) is 3.16. The minimum atomic E-state index is -0.501. The first kappa shape index (κ1) is 15.2. The van der Waals surface area contributed by atoms with Crippen LogP contribution in [-0.4, -0.2) is 40.4 Å². The van der Waals surface area contributed by atoms with Crippen molar-refractivity contribution in [2.24, 2.45) is 5.92 Å². The van der Waals surface area contributed by atoms with E-state index in [2.05, 4.69) is 0 Å². The van der Waals surface area contributed by atoms with Crippen molar-refractivity contribution < 1.29 is 14.7 Å². The van der Waals surface area contributed by atoms with Gasteiger partial charge in [0.1, 0.15) is 0 Å². The molecule has 0 spiro atoms. The van der Waals surface area contributed by atoms with Crippen LogP contribution in [0.5, 0.6) is 0 Å². The second-order valence-electron chi connectivity index (χ2n) is 6.43. The number of rotatable bonds is 4. The Hall–Kier alpha value is -1.68. The molecule has 1 aliphatic carbocycles. The number of benzene rings is 1. The maximum absolute atomic E-state index is 12.6. The Morgan fingerprint density at radius 2 is 1.86 bits per heavy atom. The number of nitrogens with zero attached hydrogens (tertiary/aromatic N) is 1. The summed E-state index contributed by atoms with van der Waals surface area (Å²) in [6, 6.07) is 9.25. The normalized spacial score (nSPS) is 28.0. The highest BCUT2D eigenvalue weighted by Gasteiger charge is 2.39. The van der Waals surface area contributed by atoms with Crippen molar-refractivity contribution in [2.45, 2.75) is 50.7 Å². The molecule has 0 aromatic heterocycles. The summed E-state index contributed by atoms with van der Waals surface area (Å²) in [6.07, 6.45) is 4.12. The zero-order chi connectivity index (χ0) is 15.5. The third-order valence-electron chi connectivity index (χ3n) is 4.97. The first-order chi connectivity index (χ1) is 10.7. The third kappa shape index (κ3) is 3.07. The molecule has 1 aromatic rings. The Morgan fingerprint density at radius 1 is 1.09 bits per heavy atom. The summed E-state index contributed by atoms with van der Waals surface area (Å²) < 4.78 is 0. The SMILES string of the molecule is O=C(CC1CCCN1C(=O)C1CCCC1O)c1ccccc1. The molecule has 3 atom stereocenters. The van der Waals surface area contributed by atoms with E-state index in [1.54, 1.807) is 0 Å². The smallest absolute Gasteiger partial charge is 0.228 e. The molecule has 4 nitrogen and oxygen atoms in total. The van der Waals surface area contributed by atoms with Crippen molar-refractivity contribution >= 4 is 11.7 Å². The van der Waals surface area contributed by atoms with E-state index < -0.39 is 6.10 Å². The van der Waals surface area contributed by atoms with Gasteiger partial charge in [0.05, 0.1) is 12.0 Å². The molecule has 1 heterocycles. The lowest BCUT2D eigenvalue weighted by Crippen LogP contribution is -2.42. The first-order valence-electron chi connectivity index (χ1n) is 8.23. The van der Waals surface area contributed by atoms with Crippen LogP contribution in [0, 0.1) is 5.92 Å². The molecule has 118 valence electrons. The van der Waals surface area contributed by atoms with Crippen LogP contribution < -0.4 is 0 Å². The van der Waals surface area contributed by atoms with E-state index in [9.17, 15) is 14.7 Å². The van der Waals surface area contributed by atoms with E-state index in [0.29, 0.717) is 12.0 Å². The number of aliphatic hydroxyl groups excluding tert-OH is 1. The molecular formula is C18H23NO3. The molecular weight excluding hydrogens is 278 g/mol. The zero-order valence-electron chi connectivity index (χ0n) is 12.8. The Balaban J connectivity index is 1.66. The van der Waals surface area contributed by atoms with Gasteiger partial charge < -0.3 is 10.0 Å². The minimum absolute atomic E-state index is 0.00648. The van der Waals surface area contributed by atoms with E-state index in [-0.39, 0.29) is 23.7 Å². The van der Waals surface area contributed by atoms with Crippen LogP contribution in [-0.2, 0) is 4.79 Å². The van der Waals surface area contributed by atoms with Crippen molar-refractivity contribution in [3.63, 3.8) is 0 Å². The number of carbonyl (C=O) groups excluding carboxylic acids is 2. The van der Waals surface area contributed by atoms with E-state index >= 15 is 0 Å². The fraction of sp³-hybridized carbons (Fsp3) is 0.556. The summed E-state index contributed by atoms with van der Waals surface area (Å²) >= 11 is 0. The number of hydrogen-bond donors (Lipinski definition) is 1. The summed E-state index contributed by atoms with van der Waals surface area (Å²) in [5, 5.41) is 9.95. The van der Waals surface area contributed by atoms with Crippen molar-refractivity contribution in [1.82, 2.24) is 4.90 Å². The van der Waals surface area contributed by atoms with Crippen LogP contribution in [0.4, 0.5) is 0 Å². The number of hydrogen-bond acceptors (Lipinski definition) is 3. The lowest BCUT2D eigenvalue weighted by Gasteiger charge is -2.28. The Kier molecular flexibility index (Phi) is 4.57. The largest absolute Gasteiger partial charge is 0.392 e. The van der Waals surface area contributed by atoms with Gasteiger partial charge in [-0.3, -0.25) is 9.59 Å². The van der Waals surface area contributed by atoms with Crippen LogP contribution in [0.3, 0.4) is 0 Å². The molecule has 22 heavy (non-hydrogen) atoms. The molecule has 1 saturated heterocycles. The quantitative estimate of drug-likeness (QED) is 0.869. The third-order valence-corrected chi connectivity index (χ3v) is 4.97. The van der Waals surface area contributed by atoms with Gasteiger partial charge in [-0.05, 0) is 32.1 Å². The first-order valence-corrected chi connectivity index (χ1v) is 8.23. The molecule has 0 radical (unpaired) electrons. The number of amides is 1. The lowest BCUT2D eigenvalue weighted by molar-refractivity contribution is -0.139. The molecule has 2 fully saturated rings. The molecule has 2 aliphatic rings. The summed E-state index contributed by atoms with van der Waals surface area (Å²) in [5.41, 5.74) is 0.711. The molecule has 1 N–H and O–H groups in total. The van der Waals surface area contributed by atoms with E-state index in [1.807, 2.05) is 35.2 Å². The van der Waals surface area contributed by atoms with E-state index in [0.717, 1.165) is 38.6 Å². The predicted molar refractivity (Wildman–Crippen MR) is 83.5 cm³/mol. The fourth-order valence-electron chi connectivity index (χ4n) is 3.74. The summed E-state index contributed by atoms with van der Waals surface area (Å²) in [4.78, 5) is 26.9. The zero-order valence-corrected chi connectivity index (χ0v) is 12.8. The van der Waals surface area contributed by atoms with Crippen LogP contribution in [0.15, 0.2) is 30.3 Å². The highest BCUT2D eigenvalue weighted by molar-refractivity contribution is 5.96. The number of aliphatic hydroxyl groups is 1. The van der Waals surface area contributed by atoms with Gasteiger partial charge >= 0.3 is 0 Å². The second kappa shape index (κ2) is 6.61. The van der Waals surface area contributed by atoms with Crippen LogP contribution in [0.25, 0.3) is 0 Å². The van der Waals surface area contributed by atoms with Gasteiger partial charge in [0.15, 0.2) is 5.78 Å². The standard InChI is InChI=1S/C18H23NO3/c20-16-10-4-9-15(16)18(22)19-11-5-8-14(19)12-17(21)13-6-2-1-3-7-13/h1-3,6-7,14-16,20H,4-5,8-12H2. The molecule has 1 aliphatic heterocycles. The summed E-state index contributed by atoms with van der Waals surface area (Å²) in [6.45, 7) is 0.717.